The van der Waals surface area contributed by atoms with Gasteiger partial charge in [-0.25, -0.2) is 0 Å². The van der Waals surface area contributed by atoms with Crippen LogP contribution in [0.4, 0.5) is 0 Å². The quantitative estimate of drug-likeness (QED) is 0.707. The Labute approximate surface area is 90.9 Å². The third-order valence-corrected chi connectivity index (χ3v) is 2.48. The summed E-state index contributed by atoms with van der Waals surface area (Å²) in [6, 6.07) is 6.13. The normalized spacial score (nSPS) is 9.80. The molecule has 0 N–H and O–H groups in total. The number of methoxy groups -OCH3 is 1. The van der Waals surface area contributed by atoms with E-state index < -0.39 is 0 Å². The molecule has 0 bridgehead atoms. The molecule has 0 atom stereocenters. The van der Waals surface area contributed by atoms with Gasteiger partial charge in [0, 0.05) is 17.6 Å². The van der Waals surface area contributed by atoms with E-state index in [2.05, 4.69) is 18.0 Å². The van der Waals surface area contributed by atoms with Crippen molar-refractivity contribution in [2.75, 3.05) is 7.11 Å². The molecule has 0 unspecified atom stereocenters. The number of hydrogen-bond donors (Lipinski definition) is 0. The van der Waals surface area contributed by atoms with Gasteiger partial charge in [-0.3, -0.25) is 4.98 Å². The van der Waals surface area contributed by atoms with E-state index in [1.165, 1.54) is 10.9 Å². The highest BCUT2D eigenvalue weighted by Gasteiger charge is 2.03. The summed E-state index contributed by atoms with van der Waals surface area (Å²) in [5, 5.41) is 1.20. The molecule has 2 aromatic rings. The van der Waals surface area contributed by atoms with Crippen LogP contribution in [0.2, 0.25) is 0 Å². The summed E-state index contributed by atoms with van der Waals surface area (Å²) in [5.74, 6) is 0.899. The van der Waals surface area contributed by atoms with E-state index in [4.69, 9.17) is 4.74 Å². The second kappa shape index (κ2) is 4.30. The molecule has 0 aliphatic heterocycles. The summed E-state index contributed by atoms with van der Waals surface area (Å²) in [5.41, 5.74) is 3.39. The van der Waals surface area contributed by atoms with Crippen molar-refractivity contribution in [2.45, 2.75) is 21.3 Å². The van der Waals surface area contributed by atoms with Crippen LogP contribution in [0.25, 0.3) is 10.9 Å². The minimum Gasteiger partial charge on any atom is -0.496 e. The summed E-state index contributed by atoms with van der Waals surface area (Å²) in [7, 11) is 1.68. The Bertz CT molecular complexity index is 477. The van der Waals surface area contributed by atoms with E-state index in [-0.39, 0.29) is 7.43 Å². The maximum absolute atomic E-state index is 5.25. The van der Waals surface area contributed by atoms with Crippen LogP contribution < -0.4 is 4.74 Å². The highest BCUT2D eigenvalue weighted by Crippen LogP contribution is 2.25. The number of benzene rings is 1. The number of ether oxygens (including phenoxy) is 1. The van der Waals surface area contributed by atoms with Gasteiger partial charge in [0.15, 0.2) is 0 Å². The molecule has 80 valence electrons. The van der Waals surface area contributed by atoms with E-state index in [0.717, 1.165) is 16.8 Å². The molecule has 15 heavy (non-hydrogen) atoms. The predicted molar refractivity (Wildman–Crippen MR) is 64.5 cm³/mol. The van der Waals surface area contributed by atoms with Crippen molar-refractivity contribution in [3.8, 4) is 5.75 Å². The smallest absolute Gasteiger partial charge is 0.123 e. The maximum atomic E-state index is 5.25. The second-order valence-corrected chi connectivity index (χ2v) is 3.47. The fourth-order valence-corrected chi connectivity index (χ4v) is 1.64. The molecule has 2 nitrogen and oxygen atoms in total. The maximum Gasteiger partial charge on any atom is 0.123 e. The second-order valence-electron chi connectivity index (χ2n) is 3.47. The van der Waals surface area contributed by atoms with Gasteiger partial charge in [0.05, 0.1) is 12.6 Å². The van der Waals surface area contributed by atoms with Crippen molar-refractivity contribution in [3.63, 3.8) is 0 Å². The zero-order valence-electron chi connectivity index (χ0n) is 8.66. The van der Waals surface area contributed by atoms with Gasteiger partial charge in [-0.05, 0) is 37.1 Å². The minimum absolute atomic E-state index is 0. The SMILES string of the molecule is C.COc1cc2nccc(C)c2cc1C. The molecule has 0 saturated heterocycles. The average molecular weight is 203 g/mol. The number of aromatic nitrogens is 1. The number of hydrogen-bond acceptors (Lipinski definition) is 2. The first kappa shape index (κ1) is 11.5. The van der Waals surface area contributed by atoms with Crippen LogP contribution in [0.3, 0.4) is 0 Å². The number of pyridine rings is 1. The van der Waals surface area contributed by atoms with Crippen molar-refractivity contribution in [1.29, 1.82) is 0 Å². The Hall–Kier alpha value is -1.57. The number of nitrogens with zero attached hydrogens (tertiary/aromatic N) is 1. The highest BCUT2D eigenvalue weighted by atomic mass is 16.5. The lowest BCUT2D eigenvalue weighted by Gasteiger charge is -2.07. The summed E-state index contributed by atoms with van der Waals surface area (Å²) in [6.07, 6.45) is 1.83. The molecule has 2 rings (SSSR count). The van der Waals surface area contributed by atoms with E-state index in [9.17, 15) is 0 Å². The Morgan fingerprint density at radius 2 is 1.87 bits per heavy atom. The molecule has 1 heterocycles. The zero-order valence-corrected chi connectivity index (χ0v) is 8.66. The van der Waals surface area contributed by atoms with Crippen LogP contribution in [0.1, 0.15) is 18.6 Å². The number of fused-ring (bicyclic) bond motifs is 1. The molecule has 0 spiro atoms. The van der Waals surface area contributed by atoms with Gasteiger partial charge in [0.2, 0.25) is 0 Å². The molecule has 1 aromatic carbocycles. The third kappa shape index (κ3) is 1.94. The van der Waals surface area contributed by atoms with Crippen LogP contribution >= 0.6 is 0 Å². The average Bonchev–Trinajstić information content (AvgIpc) is 2.19. The van der Waals surface area contributed by atoms with Crippen LogP contribution in [0, 0.1) is 13.8 Å². The lowest BCUT2D eigenvalue weighted by atomic mass is 10.1. The standard InChI is InChI=1S/C12H13NO.CH4/c1-8-4-5-13-11-7-12(14-3)9(2)6-10(8)11;/h4-7H,1-3H3;1H4. The first-order chi connectivity index (χ1) is 6.72. The number of aryl methyl sites for hydroxylation is 2. The fourth-order valence-electron chi connectivity index (χ4n) is 1.64. The van der Waals surface area contributed by atoms with Crippen LogP contribution in [0.5, 0.6) is 5.75 Å². The van der Waals surface area contributed by atoms with E-state index in [1.54, 1.807) is 7.11 Å². The molecule has 0 aliphatic rings. The third-order valence-electron chi connectivity index (χ3n) is 2.48. The van der Waals surface area contributed by atoms with Crippen LogP contribution in [-0.2, 0) is 0 Å². The Balaban J connectivity index is 0.00000112. The molecule has 0 saturated carbocycles. The summed E-state index contributed by atoms with van der Waals surface area (Å²) >= 11 is 0. The molecular formula is C13H17NO. The molecule has 0 aliphatic carbocycles. The summed E-state index contributed by atoms with van der Waals surface area (Å²) < 4.78 is 5.25. The fraction of sp³-hybridized carbons (Fsp3) is 0.308. The molecule has 1 aromatic heterocycles. The Morgan fingerprint density at radius 3 is 2.53 bits per heavy atom. The molecule has 0 amide bonds. The van der Waals surface area contributed by atoms with Crippen LogP contribution in [0.15, 0.2) is 24.4 Å². The molecule has 2 heteroatoms. The zero-order chi connectivity index (χ0) is 10.1. The van der Waals surface area contributed by atoms with Crippen molar-refractivity contribution < 1.29 is 4.74 Å². The summed E-state index contributed by atoms with van der Waals surface area (Å²) in [6.45, 7) is 4.14. The van der Waals surface area contributed by atoms with Gasteiger partial charge in [-0.15, -0.1) is 0 Å². The van der Waals surface area contributed by atoms with Crippen LogP contribution in [-0.4, -0.2) is 12.1 Å². The Kier molecular flexibility index (Phi) is 3.30. The largest absolute Gasteiger partial charge is 0.496 e. The molecule has 0 fully saturated rings. The van der Waals surface area contributed by atoms with E-state index in [0.29, 0.717) is 0 Å². The van der Waals surface area contributed by atoms with Crippen molar-refractivity contribution in [1.82, 2.24) is 4.98 Å². The monoisotopic (exact) mass is 203 g/mol. The van der Waals surface area contributed by atoms with Crippen molar-refractivity contribution in [3.05, 3.63) is 35.5 Å². The van der Waals surface area contributed by atoms with Gasteiger partial charge in [-0.1, -0.05) is 7.43 Å². The number of rotatable bonds is 1. The van der Waals surface area contributed by atoms with Gasteiger partial charge < -0.3 is 4.74 Å². The lowest BCUT2D eigenvalue weighted by molar-refractivity contribution is 0.412. The first-order valence-corrected chi connectivity index (χ1v) is 4.62. The van der Waals surface area contributed by atoms with Crippen molar-refractivity contribution >= 4 is 10.9 Å². The van der Waals surface area contributed by atoms with Gasteiger partial charge in [0.1, 0.15) is 5.75 Å². The summed E-state index contributed by atoms with van der Waals surface area (Å²) in [4.78, 5) is 4.31. The topological polar surface area (TPSA) is 22.1 Å². The Morgan fingerprint density at radius 1 is 1.13 bits per heavy atom. The molecular weight excluding hydrogens is 186 g/mol. The van der Waals surface area contributed by atoms with Gasteiger partial charge >= 0.3 is 0 Å². The van der Waals surface area contributed by atoms with Gasteiger partial charge in [0.25, 0.3) is 0 Å². The van der Waals surface area contributed by atoms with E-state index in [1.807, 2.05) is 25.3 Å². The van der Waals surface area contributed by atoms with E-state index >= 15 is 0 Å². The lowest BCUT2D eigenvalue weighted by Crippen LogP contribution is -1.89. The highest BCUT2D eigenvalue weighted by molar-refractivity contribution is 5.84. The predicted octanol–water partition coefficient (Wildman–Crippen LogP) is 3.50. The molecule has 0 radical (unpaired) electrons. The van der Waals surface area contributed by atoms with Gasteiger partial charge in [-0.2, -0.15) is 0 Å². The minimum atomic E-state index is 0. The first-order valence-electron chi connectivity index (χ1n) is 4.62. The van der Waals surface area contributed by atoms with Crippen molar-refractivity contribution in [2.24, 2.45) is 0 Å².